The second kappa shape index (κ2) is 5.36. The van der Waals surface area contributed by atoms with Crippen LogP contribution in [0.5, 0.6) is 0 Å². The Balaban J connectivity index is 1.76. The summed E-state index contributed by atoms with van der Waals surface area (Å²) in [4.78, 5) is 16.4. The maximum absolute atomic E-state index is 13.5. The number of pyridine rings is 1. The van der Waals surface area contributed by atoms with Crippen LogP contribution < -0.4 is 5.32 Å². The van der Waals surface area contributed by atoms with Crippen LogP contribution in [0.1, 0.15) is 21.6 Å². The van der Waals surface area contributed by atoms with Crippen molar-refractivity contribution in [1.82, 2.24) is 14.7 Å². The van der Waals surface area contributed by atoms with Gasteiger partial charge >= 0.3 is 0 Å². The number of hydrogen-bond donors (Lipinski definition) is 1. The van der Waals surface area contributed by atoms with Crippen molar-refractivity contribution in [2.24, 2.45) is 0 Å². The molecule has 3 rings (SSSR count). The lowest BCUT2D eigenvalue weighted by Gasteiger charge is -2.03. The van der Waals surface area contributed by atoms with Crippen molar-refractivity contribution in [2.45, 2.75) is 13.5 Å². The molecule has 2 aromatic heterocycles. The third-order valence-corrected chi connectivity index (χ3v) is 3.28. The van der Waals surface area contributed by atoms with Crippen molar-refractivity contribution in [3.05, 3.63) is 71.4 Å². The number of imidazole rings is 1. The summed E-state index contributed by atoms with van der Waals surface area (Å²) < 4.78 is 15.4. The SMILES string of the molecule is Cc1cccn2cc(CNC(=O)c3ccccc3F)nc12. The average Bonchev–Trinajstić information content (AvgIpc) is 2.90. The first-order valence-electron chi connectivity index (χ1n) is 6.61. The molecule has 3 aromatic rings. The quantitative estimate of drug-likeness (QED) is 0.803. The summed E-state index contributed by atoms with van der Waals surface area (Å²) >= 11 is 0. The van der Waals surface area contributed by atoms with Crippen LogP contribution in [-0.4, -0.2) is 15.3 Å². The highest BCUT2D eigenvalue weighted by atomic mass is 19.1. The van der Waals surface area contributed by atoms with Crippen molar-refractivity contribution in [2.75, 3.05) is 0 Å². The second-order valence-corrected chi connectivity index (χ2v) is 4.82. The predicted molar refractivity (Wildman–Crippen MR) is 77.5 cm³/mol. The van der Waals surface area contributed by atoms with Crippen molar-refractivity contribution < 1.29 is 9.18 Å². The van der Waals surface area contributed by atoms with E-state index >= 15 is 0 Å². The van der Waals surface area contributed by atoms with Gasteiger partial charge in [0.2, 0.25) is 0 Å². The lowest BCUT2D eigenvalue weighted by atomic mass is 10.2. The number of aromatic nitrogens is 2. The molecule has 0 bridgehead atoms. The van der Waals surface area contributed by atoms with Gasteiger partial charge in [0.15, 0.2) is 0 Å². The molecule has 106 valence electrons. The number of carbonyl (C=O) groups excluding carboxylic acids is 1. The number of nitrogens with one attached hydrogen (secondary N) is 1. The van der Waals surface area contributed by atoms with E-state index in [2.05, 4.69) is 10.3 Å². The first-order chi connectivity index (χ1) is 10.1. The molecule has 0 saturated carbocycles. The predicted octanol–water partition coefficient (Wildman–Crippen LogP) is 2.71. The molecule has 0 saturated heterocycles. The second-order valence-electron chi connectivity index (χ2n) is 4.82. The molecule has 0 unspecified atom stereocenters. The van der Waals surface area contributed by atoms with Crippen molar-refractivity contribution in [3.63, 3.8) is 0 Å². The van der Waals surface area contributed by atoms with Gasteiger partial charge in [-0.1, -0.05) is 18.2 Å². The Kier molecular flexibility index (Phi) is 3.39. The molecule has 4 nitrogen and oxygen atoms in total. The summed E-state index contributed by atoms with van der Waals surface area (Å²) in [5.41, 5.74) is 2.68. The maximum Gasteiger partial charge on any atom is 0.254 e. The number of carbonyl (C=O) groups is 1. The van der Waals surface area contributed by atoms with Gasteiger partial charge in [0.1, 0.15) is 11.5 Å². The lowest BCUT2D eigenvalue weighted by Crippen LogP contribution is -2.23. The number of aryl methyl sites for hydroxylation is 1. The molecule has 0 aliphatic carbocycles. The molecule has 0 aliphatic heterocycles. The Bertz CT molecular complexity index is 810. The van der Waals surface area contributed by atoms with E-state index in [0.717, 1.165) is 16.9 Å². The Morgan fingerprint density at radius 2 is 2.10 bits per heavy atom. The fourth-order valence-electron chi connectivity index (χ4n) is 2.20. The number of fused-ring (bicyclic) bond motifs is 1. The third kappa shape index (κ3) is 2.63. The van der Waals surface area contributed by atoms with Gasteiger partial charge in [0.25, 0.3) is 5.91 Å². The molecule has 0 atom stereocenters. The largest absolute Gasteiger partial charge is 0.346 e. The zero-order valence-electron chi connectivity index (χ0n) is 11.5. The highest BCUT2D eigenvalue weighted by Gasteiger charge is 2.11. The summed E-state index contributed by atoms with van der Waals surface area (Å²) in [5, 5.41) is 2.68. The summed E-state index contributed by atoms with van der Waals surface area (Å²) in [5.74, 6) is -0.970. The fourth-order valence-corrected chi connectivity index (χ4v) is 2.20. The van der Waals surface area contributed by atoms with E-state index in [1.807, 2.05) is 35.9 Å². The summed E-state index contributed by atoms with van der Waals surface area (Å²) in [6, 6.07) is 9.82. The van der Waals surface area contributed by atoms with Crippen LogP contribution in [0, 0.1) is 12.7 Å². The fraction of sp³-hybridized carbons (Fsp3) is 0.125. The van der Waals surface area contributed by atoms with E-state index in [0.29, 0.717) is 0 Å². The van der Waals surface area contributed by atoms with E-state index in [4.69, 9.17) is 0 Å². The number of rotatable bonds is 3. The van der Waals surface area contributed by atoms with Crippen LogP contribution in [0.25, 0.3) is 5.65 Å². The van der Waals surface area contributed by atoms with Gasteiger partial charge in [-0.2, -0.15) is 0 Å². The van der Waals surface area contributed by atoms with Gasteiger partial charge in [-0.05, 0) is 30.7 Å². The van der Waals surface area contributed by atoms with Gasteiger partial charge in [0, 0.05) is 12.4 Å². The molecule has 0 aliphatic rings. The first kappa shape index (κ1) is 13.3. The molecule has 1 N–H and O–H groups in total. The zero-order valence-corrected chi connectivity index (χ0v) is 11.5. The third-order valence-electron chi connectivity index (χ3n) is 3.28. The Labute approximate surface area is 121 Å². The standard InChI is InChI=1S/C16H14FN3O/c1-11-5-4-8-20-10-12(19-15(11)20)9-18-16(21)13-6-2-3-7-14(13)17/h2-8,10H,9H2,1H3,(H,18,21). The minimum atomic E-state index is -0.527. The van der Waals surface area contributed by atoms with Gasteiger partial charge in [-0.25, -0.2) is 9.37 Å². The van der Waals surface area contributed by atoms with Crippen LogP contribution >= 0.6 is 0 Å². The normalized spacial score (nSPS) is 10.8. The summed E-state index contributed by atoms with van der Waals surface area (Å²) in [6.45, 7) is 2.23. The zero-order chi connectivity index (χ0) is 14.8. The lowest BCUT2D eigenvalue weighted by molar-refractivity contribution is 0.0946. The van der Waals surface area contributed by atoms with Crippen LogP contribution in [0.4, 0.5) is 4.39 Å². The van der Waals surface area contributed by atoms with Gasteiger partial charge < -0.3 is 9.72 Å². The van der Waals surface area contributed by atoms with Gasteiger partial charge in [-0.3, -0.25) is 4.79 Å². The minimum Gasteiger partial charge on any atom is -0.346 e. The van der Waals surface area contributed by atoms with Crippen molar-refractivity contribution in [1.29, 1.82) is 0 Å². The highest BCUT2D eigenvalue weighted by molar-refractivity contribution is 5.94. The molecule has 21 heavy (non-hydrogen) atoms. The highest BCUT2D eigenvalue weighted by Crippen LogP contribution is 2.10. The van der Waals surface area contributed by atoms with Crippen LogP contribution in [0.3, 0.4) is 0 Å². The van der Waals surface area contributed by atoms with Gasteiger partial charge in [-0.15, -0.1) is 0 Å². The molecule has 1 amide bonds. The summed E-state index contributed by atoms with van der Waals surface area (Å²) in [6.07, 6.45) is 3.75. The van der Waals surface area contributed by atoms with Crippen molar-refractivity contribution >= 4 is 11.6 Å². The monoisotopic (exact) mass is 283 g/mol. The Morgan fingerprint density at radius 3 is 2.86 bits per heavy atom. The molecule has 2 heterocycles. The Hall–Kier alpha value is -2.69. The molecule has 0 radical (unpaired) electrons. The number of hydrogen-bond acceptors (Lipinski definition) is 2. The number of benzene rings is 1. The van der Waals surface area contributed by atoms with Gasteiger partial charge in [0.05, 0.1) is 17.8 Å². The smallest absolute Gasteiger partial charge is 0.254 e. The van der Waals surface area contributed by atoms with E-state index in [1.165, 1.54) is 12.1 Å². The molecular weight excluding hydrogens is 269 g/mol. The molecule has 0 fully saturated rings. The van der Waals surface area contributed by atoms with Crippen molar-refractivity contribution in [3.8, 4) is 0 Å². The van der Waals surface area contributed by atoms with E-state index < -0.39 is 11.7 Å². The van der Waals surface area contributed by atoms with E-state index in [1.54, 1.807) is 12.1 Å². The number of nitrogens with zero attached hydrogens (tertiary/aromatic N) is 2. The number of halogens is 1. The average molecular weight is 283 g/mol. The molecule has 5 heteroatoms. The van der Waals surface area contributed by atoms with E-state index in [-0.39, 0.29) is 12.1 Å². The molecule has 0 spiro atoms. The first-order valence-corrected chi connectivity index (χ1v) is 6.61. The van der Waals surface area contributed by atoms with E-state index in [9.17, 15) is 9.18 Å². The topological polar surface area (TPSA) is 46.4 Å². The minimum absolute atomic E-state index is 0.0393. The van der Waals surface area contributed by atoms with Crippen LogP contribution in [0.2, 0.25) is 0 Å². The molecular formula is C16H14FN3O. The maximum atomic E-state index is 13.5. The van der Waals surface area contributed by atoms with Crippen LogP contribution in [0.15, 0.2) is 48.8 Å². The molecule has 1 aromatic carbocycles. The summed E-state index contributed by atoms with van der Waals surface area (Å²) in [7, 11) is 0. The van der Waals surface area contributed by atoms with Crippen LogP contribution in [-0.2, 0) is 6.54 Å². The number of amides is 1. The Morgan fingerprint density at radius 1 is 1.29 bits per heavy atom.